The summed E-state index contributed by atoms with van der Waals surface area (Å²) in [7, 11) is 0. The van der Waals surface area contributed by atoms with Crippen LogP contribution < -0.4 is 0 Å². The molecule has 0 aromatic rings. The van der Waals surface area contributed by atoms with Crippen LogP contribution in [0.15, 0.2) is 0 Å². The number of nitrogens with zero attached hydrogens (tertiary/aromatic N) is 2. The van der Waals surface area contributed by atoms with Gasteiger partial charge in [-0.3, -0.25) is 9.80 Å². The number of likely N-dealkylation sites (tertiary alicyclic amines) is 2. The third-order valence-electron chi connectivity index (χ3n) is 19.1. The first-order valence-corrected chi connectivity index (χ1v) is 23.4. The van der Waals surface area contributed by atoms with E-state index in [1.807, 2.05) is 0 Å². The zero-order valence-corrected chi connectivity index (χ0v) is 31.3. The monoisotopic (exact) mass is 657 g/mol. The maximum absolute atomic E-state index is 3.39. The fraction of sp³-hybridized carbons (Fsp3) is 1.00. The van der Waals surface area contributed by atoms with Crippen molar-refractivity contribution in [3.8, 4) is 0 Å². The number of hydrogen-bond acceptors (Lipinski definition) is 2. The van der Waals surface area contributed by atoms with Crippen LogP contribution in [0.1, 0.15) is 193 Å². The van der Waals surface area contributed by atoms with Gasteiger partial charge in [0.15, 0.2) is 0 Å². The highest BCUT2D eigenvalue weighted by molar-refractivity contribution is 5.16. The molecule has 2 heteroatoms. The summed E-state index contributed by atoms with van der Waals surface area (Å²) >= 11 is 0. The third kappa shape index (κ3) is 5.66. The first kappa shape index (κ1) is 32.6. The molecule has 0 aromatic carbocycles. The SMILES string of the molecule is C1CCC(C2CCC(N3C4CCCCC4C4C5C6CCCCC6N(C6CCC(C7CCCC8CCCCC87)CC6)C5CCC43)CC2)CC1. The van der Waals surface area contributed by atoms with E-state index >= 15 is 0 Å². The second-order valence-electron chi connectivity index (χ2n) is 20.6. The lowest BCUT2D eigenvalue weighted by atomic mass is 9.60. The van der Waals surface area contributed by atoms with E-state index < -0.39 is 0 Å². The number of hydrogen-bond donors (Lipinski definition) is 0. The van der Waals surface area contributed by atoms with Crippen LogP contribution in [0.25, 0.3) is 0 Å². The Kier molecular flexibility index (Phi) is 9.53. The highest BCUT2D eigenvalue weighted by atomic mass is 15.3. The topological polar surface area (TPSA) is 6.48 Å². The number of rotatable bonds is 4. The molecule has 2 saturated heterocycles. The molecule has 270 valence electrons. The largest absolute Gasteiger partial charge is 0.294 e. The van der Waals surface area contributed by atoms with E-state index in [2.05, 4.69) is 9.80 Å². The molecule has 0 radical (unpaired) electrons. The molecular weight excluding hydrogens is 581 g/mol. The van der Waals surface area contributed by atoms with Gasteiger partial charge in [-0.15, -0.1) is 0 Å². The van der Waals surface area contributed by atoms with Crippen LogP contribution in [0.4, 0.5) is 0 Å². The van der Waals surface area contributed by atoms with Crippen molar-refractivity contribution in [2.45, 2.75) is 229 Å². The Morgan fingerprint density at radius 1 is 0.229 bits per heavy atom. The van der Waals surface area contributed by atoms with Gasteiger partial charge in [0.05, 0.1) is 0 Å². The van der Waals surface area contributed by atoms with Crippen molar-refractivity contribution in [3.05, 3.63) is 0 Å². The van der Waals surface area contributed by atoms with Gasteiger partial charge < -0.3 is 0 Å². The van der Waals surface area contributed by atoms with E-state index in [9.17, 15) is 0 Å². The normalized spacial score (nSPS) is 52.1. The maximum Gasteiger partial charge on any atom is 0.0137 e. The van der Waals surface area contributed by atoms with Crippen LogP contribution in [0.2, 0.25) is 0 Å². The van der Waals surface area contributed by atoms with E-state index in [0.29, 0.717) is 0 Å². The molecule has 11 atom stereocenters. The summed E-state index contributed by atoms with van der Waals surface area (Å²) in [5, 5.41) is 0. The Bertz CT molecular complexity index is 1060. The maximum atomic E-state index is 3.39. The predicted octanol–water partition coefficient (Wildman–Crippen LogP) is 11.8. The number of fused-ring (bicyclic) bond motifs is 8. The highest BCUT2D eigenvalue weighted by Crippen LogP contribution is 2.61. The van der Waals surface area contributed by atoms with E-state index in [4.69, 9.17) is 0 Å². The van der Waals surface area contributed by atoms with Crippen molar-refractivity contribution in [2.24, 2.45) is 59.2 Å². The Morgan fingerprint density at radius 2 is 0.604 bits per heavy atom. The van der Waals surface area contributed by atoms with Gasteiger partial charge in [-0.1, -0.05) is 89.9 Å². The molecule has 10 aliphatic rings. The predicted molar refractivity (Wildman–Crippen MR) is 200 cm³/mol. The standard InChI is InChI=1S/C46H76N2/c1-2-11-31(12-3-1)32-21-25-35(26-22-32)47-41-19-8-6-16-39(41)45-43(47)29-30-44-46(45)40-17-7-9-20-42(40)48(44)36-27-23-34(24-28-36)38-18-10-14-33-13-4-5-15-37(33)38/h31-46H,1-30H2. The van der Waals surface area contributed by atoms with E-state index in [1.165, 1.54) is 32.1 Å². The molecule has 0 spiro atoms. The quantitative estimate of drug-likeness (QED) is 0.297. The Labute approximate surface area is 297 Å². The second-order valence-corrected chi connectivity index (χ2v) is 20.6. The van der Waals surface area contributed by atoms with Crippen LogP contribution in [0.3, 0.4) is 0 Å². The molecule has 48 heavy (non-hydrogen) atoms. The molecule has 10 rings (SSSR count). The van der Waals surface area contributed by atoms with Crippen molar-refractivity contribution < 1.29 is 0 Å². The highest BCUT2D eigenvalue weighted by Gasteiger charge is 2.63. The third-order valence-corrected chi connectivity index (χ3v) is 19.1. The smallest absolute Gasteiger partial charge is 0.0137 e. The Morgan fingerprint density at radius 3 is 1.19 bits per heavy atom. The van der Waals surface area contributed by atoms with Crippen LogP contribution in [0, 0.1) is 59.2 Å². The summed E-state index contributed by atoms with van der Waals surface area (Å²) in [5.74, 6) is 10.8. The van der Waals surface area contributed by atoms with Crippen molar-refractivity contribution in [3.63, 3.8) is 0 Å². The van der Waals surface area contributed by atoms with Gasteiger partial charge in [0.2, 0.25) is 0 Å². The summed E-state index contributed by atoms with van der Waals surface area (Å²) in [5.41, 5.74) is 0. The van der Waals surface area contributed by atoms with Crippen molar-refractivity contribution >= 4 is 0 Å². The molecule has 8 aliphatic carbocycles. The van der Waals surface area contributed by atoms with Gasteiger partial charge in [-0.25, -0.2) is 0 Å². The van der Waals surface area contributed by atoms with E-state index in [-0.39, 0.29) is 0 Å². The van der Waals surface area contributed by atoms with Crippen LogP contribution in [0.5, 0.6) is 0 Å². The molecule has 2 heterocycles. The molecule has 2 aliphatic heterocycles. The Hall–Kier alpha value is -0.0800. The summed E-state index contributed by atoms with van der Waals surface area (Å²) < 4.78 is 0. The van der Waals surface area contributed by atoms with Gasteiger partial charge in [0.1, 0.15) is 0 Å². The van der Waals surface area contributed by atoms with Gasteiger partial charge in [-0.05, 0) is 162 Å². The average Bonchev–Trinajstić information content (AvgIpc) is 3.68. The van der Waals surface area contributed by atoms with Crippen molar-refractivity contribution in [2.75, 3.05) is 0 Å². The van der Waals surface area contributed by atoms with Crippen molar-refractivity contribution in [1.82, 2.24) is 9.80 Å². The van der Waals surface area contributed by atoms with Gasteiger partial charge in [0.25, 0.3) is 0 Å². The zero-order chi connectivity index (χ0) is 31.6. The molecule has 10 fully saturated rings. The fourth-order valence-electron chi connectivity index (χ4n) is 17.4. The molecule has 0 aromatic heterocycles. The minimum Gasteiger partial charge on any atom is -0.294 e. The zero-order valence-electron chi connectivity index (χ0n) is 31.3. The Balaban J connectivity index is 0.857. The van der Waals surface area contributed by atoms with Gasteiger partial charge >= 0.3 is 0 Å². The van der Waals surface area contributed by atoms with E-state index in [0.717, 1.165) is 95.4 Å². The van der Waals surface area contributed by atoms with E-state index in [1.54, 1.807) is 161 Å². The fourth-order valence-corrected chi connectivity index (χ4v) is 17.4. The summed E-state index contributed by atoms with van der Waals surface area (Å²) in [6.45, 7) is 0. The molecule has 8 saturated carbocycles. The molecule has 2 nitrogen and oxygen atoms in total. The summed E-state index contributed by atoms with van der Waals surface area (Å²) in [6.07, 6.45) is 47.0. The van der Waals surface area contributed by atoms with Crippen LogP contribution >= 0.6 is 0 Å². The first-order chi connectivity index (χ1) is 23.8. The van der Waals surface area contributed by atoms with Crippen LogP contribution in [-0.2, 0) is 0 Å². The van der Waals surface area contributed by atoms with Gasteiger partial charge in [0, 0.05) is 36.3 Å². The van der Waals surface area contributed by atoms with Gasteiger partial charge in [-0.2, -0.15) is 0 Å². The summed E-state index contributed by atoms with van der Waals surface area (Å²) in [4.78, 5) is 6.76. The minimum absolute atomic E-state index is 0.943. The molecule has 11 unspecified atom stereocenters. The van der Waals surface area contributed by atoms with Crippen molar-refractivity contribution in [1.29, 1.82) is 0 Å². The lowest BCUT2D eigenvalue weighted by Crippen LogP contribution is -2.53. The minimum atomic E-state index is 0.943. The molecule has 0 amide bonds. The average molecular weight is 657 g/mol. The molecule has 0 N–H and O–H groups in total. The molecular formula is C46H76N2. The lowest BCUT2D eigenvalue weighted by Gasteiger charge is -2.50. The lowest BCUT2D eigenvalue weighted by molar-refractivity contribution is -0.0000710. The van der Waals surface area contributed by atoms with Crippen LogP contribution in [-0.4, -0.2) is 46.1 Å². The second kappa shape index (κ2) is 14.0. The summed E-state index contributed by atoms with van der Waals surface area (Å²) in [6, 6.07) is 5.74. The molecule has 0 bridgehead atoms. The first-order valence-electron chi connectivity index (χ1n) is 23.4.